The van der Waals surface area contributed by atoms with E-state index in [4.69, 9.17) is 0 Å². The molecule has 46 valence electrons. The molecule has 0 unspecified atom stereocenters. The van der Waals surface area contributed by atoms with Gasteiger partial charge in [0.05, 0.1) is 0 Å². The van der Waals surface area contributed by atoms with Crippen molar-refractivity contribution in [1.29, 1.82) is 0 Å². The fourth-order valence-electron chi connectivity index (χ4n) is 0.427. The summed E-state index contributed by atoms with van der Waals surface area (Å²) in [6, 6.07) is 0. The summed E-state index contributed by atoms with van der Waals surface area (Å²) in [4.78, 5) is 0. The molecule has 0 aromatic rings. The van der Waals surface area contributed by atoms with Crippen LogP contribution in [0.1, 0.15) is 19.3 Å². The fourth-order valence-corrected chi connectivity index (χ4v) is 0.427. The van der Waals surface area contributed by atoms with Crippen LogP contribution in [0.15, 0.2) is 0 Å². The number of nitrogens with one attached hydrogen (secondary N) is 1. The molecule has 0 saturated carbocycles. The minimum atomic E-state index is 0. The first kappa shape index (κ1) is 11.8. The zero-order chi connectivity index (χ0) is 5.54. The Kier molecular flexibility index (Phi) is 16.0. The summed E-state index contributed by atoms with van der Waals surface area (Å²) < 4.78 is 0. The molecule has 0 amide bonds. The second-order valence-corrected chi connectivity index (χ2v) is 1.56. The van der Waals surface area contributed by atoms with Gasteiger partial charge in [-0.1, -0.05) is 6.42 Å². The van der Waals surface area contributed by atoms with E-state index in [0.29, 0.717) is 0 Å². The molecule has 2 heteroatoms. The Balaban J connectivity index is 0. The number of unbranched alkanes of at least 4 members (excludes halogenated alkanes) is 2. The van der Waals surface area contributed by atoms with Crippen LogP contribution in [0.4, 0.5) is 0 Å². The normalized spacial score (nSPS) is 8.25. The van der Waals surface area contributed by atoms with Crippen molar-refractivity contribution >= 4 is 0 Å². The second kappa shape index (κ2) is 10.9. The number of hydrogen-bond donors (Lipinski definition) is 1. The topological polar surface area (TPSA) is 12.0 Å². The molecule has 0 rings (SSSR count). The predicted molar refractivity (Wildman–Crippen MR) is 32.6 cm³/mol. The Morgan fingerprint density at radius 1 is 1.25 bits per heavy atom. The molecule has 0 aromatic carbocycles. The van der Waals surface area contributed by atoms with Gasteiger partial charge in [-0.2, -0.15) is 6.42 Å². The van der Waals surface area contributed by atoms with Gasteiger partial charge >= 0.3 is 31.1 Å². The Hall–Kier alpha value is 1.01. The van der Waals surface area contributed by atoms with Crippen LogP contribution in [-0.2, 0) is 0 Å². The summed E-state index contributed by atoms with van der Waals surface area (Å²) in [7, 11) is 3.49. The maximum atomic E-state index is 3.71. The minimum absolute atomic E-state index is 0. The van der Waals surface area contributed by atoms with E-state index in [1.807, 2.05) is 0 Å². The first-order valence-electron chi connectivity index (χ1n) is 2.71. The molecule has 0 aromatic heterocycles. The van der Waals surface area contributed by atoms with Gasteiger partial charge in [0.1, 0.15) is 0 Å². The van der Waals surface area contributed by atoms with E-state index in [2.05, 4.69) is 19.3 Å². The summed E-state index contributed by atoms with van der Waals surface area (Å²) in [5.74, 6) is 0. The van der Waals surface area contributed by atoms with Crippen molar-refractivity contribution in [2.24, 2.45) is 0 Å². The van der Waals surface area contributed by atoms with Gasteiger partial charge in [-0.3, -0.25) is 7.05 Å². The third kappa shape index (κ3) is 10.1. The average Bonchev–Trinajstić information content (AvgIpc) is 1.69. The third-order valence-corrected chi connectivity index (χ3v) is 0.854. The first-order valence-corrected chi connectivity index (χ1v) is 2.71. The summed E-state index contributed by atoms with van der Waals surface area (Å²) in [6.45, 7) is 4.73. The number of hydrogen-bond acceptors (Lipinski definition) is 1. The van der Waals surface area contributed by atoms with Gasteiger partial charge in [0.2, 0.25) is 0 Å². The van der Waals surface area contributed by atoms with E-state index in [1.165, 1.54) is 12.8 Å². The molecule has 0 heterocycles. The van der Waals surface area contributed by atoms with E-state index in [0.717, 1.165) is 13.0 Å². The van der Waals surface area contributed by atoms with Crippen molar-refractivity contribution in [3.05, 3.63) is 14.0 Å². The van der Waals surface area contributed by atoms with Crippen LogP contribution in [0.2, 0.25) is 0 Å². The van der Waals surface area contributed by atoms with Crippen LogP contribution in [0.3, 0.4) is 0 Å². The van der Waals surface area contributed by atoms with Gasteiger partial charge in [0, 0.05) is 0 Å². The summed E-state index contributed by atoms with van der Waals surface area (Å²) in [6.07, 6.45) is 3.46. The standard InChI is InChI=1S/C6H13N.U/c1-3-4-5-6-7-2;/h7H,1-6H2;/q-2;+2. The number of rotatable bonds is 4. The van der Waals surface area contributed by atoms with Crippen LogP contribution in [-0.4, -0.2) is 6.54 Å². The van der Waals surface area contributed by atoms with Gasteiger partial charge in [-0.05, 0) is 13.0 Å². The van der Waals surface area contributed by atoms with Crippen molar-refractivity contribution in [1.82, 2.24) is 5.32 Å². The van der Waals surface area contributed by atoms with Crippen LogP contribution in [0, 0.1) is 45.1 Å². The van der Waals surface area contributed by atoms with Crippen LogP contribution in [0.5, 0.6) is 0 Å². The molecule has 0 fully saturated rings. The zero-order valence-electron chi connectivity index (χ0n) is 5.24. The van der Waals surface area contributed by atoms with Crippen molar-refractivity contribution in [2.45, 2.75) is 19.3 Å². The van der Waals surface area contributed by atoms with E-state index in [1.54, 1.807) is 0 Å². The molecule has 0 spiro atoms. The molecule has 1 nitrogen and oxygen atoms in total. The maximum Gasteiger partial charge on any atom is 2.00 e. The molecule has 0 bridgehead atoms. The van der Waals surface area contributed by atoms with Gasteiger partial charge in [0.25, 0.3) is 0 Å². The smallest absolute Gasteiger partial charge is 0.473 e. The van der Waals surface area contributed by atoms with Crippen LogP contribution < -0.4 is 5.32 Å². The minimum Gasteiger partial charge on any atom is -0.473 e. The SMILES string of the molecule is [CH2-]CCCCN[CH2-].[U+2]. The quantitative estimate of drug-likeness (QED) is 0.604. The molecular weight excluding hydrogens is 324 g/mol. The molecule has 0 aliphatic heterocycles. The van der Waals surface area contributed by atoms with Crippen LogP contribution >= 0.6 is 0 Å². The summed E-state index contributed by atoms with van der Waals surface area (Å²) >= 11 is 0. The van der Waals surface area contributed by atoms with Gasteiger partial charge in [-0.25, -0.2) is 0 Å². The first-order chi connectivity index (χ1) is 3.41. The summed E-state index contributed by atoms with van der Waals surface area (Å²) in [5, 5.41) is 2.82. The Morgan fingerprint density at radius 3 is 2.25 bits per heavy atom. The monoisotopic (exact) mass is 337 g/mol. The van der Waals surface area contributed by atoms with Crippen molar-refractivity contribution in [3.8, 4) is 0 Å². The molecule has 0 aliphatic rings. The van der Waals surface area contributed by atoms with Gasteiger partial charge in [0.15, 0.2) is 0 Å². The van der Waals surface area contributed by atoms with Crippen LogP contribution in [0.25, 0.3) is 0 Å². The second-order valence-electron chi connectivity index (χ2n) is 1.56. The van der Waals surface area contributed by atoms with Crippen molar-refractivity contribution in [3.63, 3.8) is 0 Å². The fraction of sp³-hybridized carbons (Fsp3) is 0.667. The Bertz CT molecular complexity index is 27.7. The largest absolute Gasteiger partial charge is 2.00 e. The van der Waals surface area contributed by atoms with E-state index in [-0.39, 0.29) is 31.1 Å². The third-order valence-electron chi connectivity index (χ3n) is 0.854. The predicted octanol–water partition coefficient (Wildman–Crippen LogP) is 1.37. The Morgan fingerprint density at radius 2 is 1.88 bits per heavy atom. The van der Waals surface area contributed by atoms with Gasteiger partial charge < -0.3 is 12.2 Å². The molecule has 0 radical (unpaired) electrons. The molecule has 8 heavy (non-hydrogen) atoms. The van der Waals surface area contributed by atoms with E-state index in [9.17, 15) is 0 Å². The molecule has 0 aliphatic carbocycles. The average molecular weight is 337 g/mol. The van der Waals surface area contributed by atoms with Crippen molar-refractivity contribution in [2.75, 3.05) is 6.54 Å². The van der Waals surface area contributed by atoms with Crippen molar-refractivity contribution < 1.29 is 31.1 Å². The zero-order valence-corrected chi connectivity index (χ0v) is 9.41. The van der Waals surface area contributed by atoms with E-state index < -0.39 is 0 Å². The molecule has 0 atom stereocenters. The summed E-state index contributed by atoms with van der Waals surface area (Å²) in [5.41, 5.74) is 0. The Labute approximate surface area is 76.0 Å². The molecule has 0 saturated heterocycles. The molecular formula is C6H13NU. The maximum absolute atomic E-state index is 3.71. The van der Waals surface area contributed by atoms with Gasteiger partial charge in [-0.15, -0.1) is 0 Å². The molecule has 1 N–H and O–H groups in total. The van der Waals surface area contributed by atoms with E-state index >= 15 is 0 Å².